The largest absolute Gasteiger partial charge is 0.330 e. The molecule has 8 heteroatoms. The van der Waals surface area contributed by atoms with Gasteiger partial charge < -0.3 is 16.8 Å². The normalized spacial score (nSPS) is 11.3. The van der Waals surface area contributed by atoms with Crippen LogP contribution in [0.25, 0.3) is 21.5 Å². The van der Waals surface area contributed by atoms with Crippen molar-refractivity contribution >= 4 is 71.2 Å². The minimum Gasteiger partial charge on any atom is -0.330 e. The summed E-state index contributed by atoms with van der Waals surface area (Å²) in [4.78, 5) is 2.44. The van der Waals surface area contributed by atoms with Crippen molar-refractivity contribution in [2.24, 2.45) is 11.5 Å². The molecule has 0 spiro atoms. The molecule has 1 atom stereocenters. The molecule has 194 valence electrons. The molecule has 34 heavy (non-hydrogen) atoms. The highest BCUT2D eigenvalue weighted by atomic mass is 35.5. The maximum absolute atomic E-state index is 6.42. The first-order valence-electron chi connectivity index (χ1n) is 11.5. The van der Waals surface area contributed by atoms with Gasteiger partial charge in [-0.25, -0.2) is 0 Å². The number of hydrogen-bond acceptors (Lipinski definition) is 4. The summed E-state index contributed by atoms with van der Waals surface area (Å²) < 4.78 is 0. The van der Waals surface area contributed by atoms with Gasteiger partial charge >= 0.3 is 0 Å². The smallest absolute Gasteiger partial charge is 0.0571 e. The van der Waals surface area contributed by atoms with Crippen molar-refractivity contribution in [1.82, 2.24) is 10.2 Å². The van der Waals surface area contributed by atoms with Gasteiger partial charge in [-0.1, -0.05) is 61.9 Å². The van der Waals surface area contributed by atoms with Crippen molar-refractivity contribution in [1.29, 1.82) is 0 Å². The summed E-state index contributed by atoms with van der Waals surface area (Å²) >= 11 is 0. The number of halogens is 4. The Labute approximate surface area is 230 Å². The van der Waals surface area contributed by atoms with Crippen LogP contribution in [0.5, 0.6) is 0 Å². The number of rotatable bonds is 13. The average Bonchev–Trinajstić information content (AvgIpc) is 2.77. The van der Waals surface area contributed by atoms with Crippen LogP contribution >= 0.6 is 49.6 Å². The third kappa shape index (κ3) is 10.0. The van der Waals surface area contributed by atoms with Crippen molar-refractivity contribution in [2.45, 2.75) is 51.7 Å². The third-order valence-electron chi connectivity index (χ3n) is 5.94. The summed E-state index contributed by atoms with van der Waals surface area (Å²) in [7, 11) is 0. The second kappa shape index (κ2) is 19.4. The average molecular weight is 552 g/mol. The van der Waals surface area contributed by atoms with Gasteiger partial charge in [-0.3, -0.25) is 4.90 Å². The van der Waals surface area contributed by atoms with Crippen LogP contribution in [-0.4, -0.2) is 37.2 Å². The summed E-state index contributed by atoms with van der Waals surface area (Å²) in [5.74, 6) is 0. The predicted octanol–water partition coefficient (Wildman–Crippen LogP) is 6.29. The number of fused-ring (bicyclic) bond motifs is 2. The molecule has 0 saturated heterocycles. The van der Waals surface area contributed by atoms with E-state index in [1.54, 1.807) is 0 Å². The van der Waals surface area contributed by atoms with Gasteiger partial charge in [0.1, 0.15) is 0 Å². The number of nitrogens with two attached hydrogens (primary N) is 2. The molecule has 0 saturated carbocycles. The van der Waals surface area contributed by atoms with Crippen LogP contribution in [0.15, 0.2) is 54.6 Å². The molecule has 5 N–H and O–H groups in total. The van der Waals surface area contributed by atoms with Crippen LogP contribution in [0.1, 0.15) is 44.6 Å². The fourth-order valence-corrected chi connectivity index (χ4v) is 4.30. The highest BCUT2D eigenvalue weighted by Gasteiger charge is 2.13. The Morgan fingerprint density at radius 3 is 1.94 bits per heavy atom. The van der Waals surface area contributed by atoms with Crippen molar-refractivity contribution in [3.05, 3.63) is 60.2 Å². The minimum absolute atomic E-state index is 0. The zero-order chi connectivity index (χ0) is 21.2. The molecule has 0 heterocycles. The van der Waals surface area contributed by atoms with E-state index in [9.17, 15) is 0 Å². The Kier molecular flexibility index (Phi) is 20.1. The number of unbranched alkanes of at least 4 members (excludes halogenated alkanes) is 1. The predicted molar refractivity (Wildman–Crippen MR) is 160 cm³/mol. The molecule has 3 rings (SSSR count). The van der Waals surface area contributed by atoms with Crippen LogP contribution in [0.3, 0.4) is 0 Å². The fourth-order valence-electron chi connectivity index (χ4n) is 4.30. The molecule has 0 aliphatic rings. The molecule has 3 aromatic rings. The molecule has 0 aliphatic heterocycles. The summed E-state index contributed by atoms with van der Waals surface area (Å²) in [6.07, 6.45) is 5.64. The summed E-state index contributed by atoms with van der Waals surface area (Å²) in [5.41, 5.74) is 13.5. The molecule has 3 aromatic carbocycles. The van der Waals surface area contributed by atoms with E-state index in [0.717, 1.165) is 64.8 Å². The molecule has 4 nitrogen and oxygen atoms in total. The molecular formula is C26H42Cl4N4. The van der Waals surface area contributed by atoms with Crippen LogP contribution in [-0.2, 0) is 6.54 Å². The molecule has 0 radical (unpaired) electrons. The lowest BCUT2D eigenvalue weighted by molar-refractivity contribution is 0.183. The molecule has 0 amide bonds. The Morgan fingerprint density at radius 1 is 0.824 bits per heavy atom. The van der Waals surface area contributed by atoms with Gasteiger partial charge in [-0.05, 0) is 78.5 Å². The summed E-state index contributed by atoms with van der Waals surface area (Å²) in [5, 5.41) is 9.00. The van der Waals surface area contributed by atoms with Crippen molar-refractivity contribution in [3.63, 3.8) is 0 Å². The lowest BCUT2D eigenvalue weighted by atomic mass is 9.97. The highest BCUT2D eigenvalue weighted by Crippen LogP contribution is 2.28. The summed E-state index contributed by atoms with van der Waals surface area (Å²) in [6.45, 7) is 6.92. The number of benzene rings is 3. The van der Waals surface area contributed by atoms with Gasteiger partial charge in [-0.2, -0.15) is 0 Å². The molecule has 0 bridgehead atoms. The second-order valence-electron chi connectivity index (χ2n) is 8.22. The van der Waals surface area contributed by atoms with E-state index in [4.69, 9.17) is 11.5 Å². The zero-order valence-electron chi connectivity index (χ0n) is 20.1. The van der Waals surface area contributed by atoms with Gasteiger partial charge in [0.15, 0.2) is 0 Å². The van der Waals surface area contributed by atoms with Crippen LogP contribution in [0, 0.1) is 0 Å². The Bertz CT molecular complexity index is 872. The van der Waals surface area contributed by atoms with E-state index in [2.05, 4.69) is 71.7 Å². The molecule has 0 aliphatic carbocycles. The van der Waals surface area contributed by atoms with Gasteiger partial charge in [0.2, 0.25) is 0 Å². The topological polar surface area (TPSA) is 67.3 Å². The minimum atomic E-state index is 0. The standard InChI is InChI=1S/C26H38N4.4ClH/c1-2-10-26(28)30(17-8-7-15-27)18-9-16-29-20-25-23-13-5-3-11-21(23)19-22-12-4-6-14-24(22)25;;;;/h3-6,11-14,19,26,29H,2,7-10,15-18,20,27-28H2,1H3;4*1H. The van der Waals surface area contributed by atoms with Gasteiger partial charge in [0, 0.05) is 13.1 Å². The van der Waals surface area contributed by atoms with E-state index in [1.165, 1.54) is 27.1 Å². The lowest BCUT2D eigenvalue weighted by Crippen LogP contribution is -2.43. The maximum Gasteiger partial charge on any atom is 0.0571 e. The molecule has 0 aromatic heterocycles. The first-order valence-corrected chi connectivity index (χ1v) is 11.5. The van der Waals surface area contributed by atoms with Crippen LogP contribution < -0.4 is 16.8 Å². The Hall–Kier alpha value is -0.820. The van der Waals surface area contributed by atoms with E-state index in [-0.39, 0.29) is 55.8 Å². The number of nitrogens with one attached hydrogen (secondary N) is 1. The van der Waals surface area contributed by atoms with Gasteiger partial charge in [-0.15, -0.1) is 49.6 Å². The monoisotopic (exact) mass is 550 g/mol. The quantitative estimate of drug-likeness (QED) is 0.133. The first kappa shape index (κ1) is 35.3. The first-order chi connectivity index (χ1) is 14.7. The van der Waals surface area contributed by atoms with E-state index < -0.39 is 0 Å². The van der Waals surface area contributed by atoms with Crippen molar-refractivity contribution < 1.29 is 0 Å². The second-order valence-corrected chi connectivity index (χ2v) is 8.22. The SMILES string of the molecule is CCCC(N)N(CCCCN)CCCNCc1c2ccccc2cc2ccccc12.Cl.Cl.Cl.Cl. The van der Waals surface area contributed by atoms with Gasteiger partial charge in [0.25, 0.3) is 0 Å². The van der Waals surface area contributed by atoms with E-state index >= 15 is 0 Å². The number of nitrogens with zero attached hydrogens (tertiary/aromatic N) is 1. The molecule has 1 unspecified atom stereocenters. The Balaban J connectivity index is 0. The maximum atomic E-state index is 6.42. The number of hydrogen-bond donors (Lipinski definition) is 3. The fraction of sp³-hybridized carbons (Fsp3) is 0.462. The van der Waals surface area contributed by atoms with Gasteiger partial charge in [0.05, 0.1) is 6.17 Å². The van der Waals surface area contributed by atoms with E-state index in [1.807, 2.05) is 0 Å². The third-order valence-corrected chi connectivity index (χ3v) is 5.94. The molecule has 0 fully saturated rings. The van der Waals surface area contributed by atoms with E-state index in [0.29, 0.717) is 0 Å². The van der Waals surface area contributed by atoms with Crippen molar-refractivity contribution in [2.75, 3.05) is 26.2 Å². The lowest BCUT2D eigenvalue weighted by Gasteiger charge is -2.28. The van der Waals surface area contributed by atoms with Crippen molar-refractivity contribution in [3.8, 4) is 0 Å². The zero-order valence-corrected chi connectivity index (χ0v) is 23.3. The Morgan fingerprint density at radius 2 is 1.38 bits per heavy atom. The van der Waals surface area contributed by atoms with Crippen LogP contribution in [0.2, 0.25) is 0 Å². The van der Waals surface area contributed by atoms with Crippen LogP contribution in [0.4, 0.5) is 0 Å². The highest BCUT2D eigenvalue weighted by molar-refractivity contribution is 6.02. The molecular weight excluding hydrogens is 510 g/mol. The summed E-state index contributed by atoms with van der Waals surface area (Å²) in [6, 6.07) is 19.7.